The molecule has 0 fully saturated rings. The van der Waals surface area contributed by atoms with Gasteiger partial charge in [0.05, 0.1) is 0 Å². The van der Waals surface area contributed by atoms with E-state index in [-0.39, 0.29) is 12.1 Å². The number of benzene rings is 1. The molecule has 24 heavy (non-hydrogen) atoms. The lowest BCUT2D eigenvalue weighted by atomic mass is 10.2. The maximum Gasteiger partial charge on any atom is 0.435 e. The van der Waals surface area contributed by atoms with Crippen LogP contribution >= 0.6 is 11.6 Å². The third-order valence-electron chi connectivity index (χ3n) is 4.04. The second-order valence-electron chi connectivity index (χ2n) is 5.79. The predicted molar refractivity (Wildman–Crippen MR) is 84.1 cm³/mol. The van der Waals surface area contributed by atoms with Crippen molar-refractivity contribution in [2.75, 3.05) is 5.32 Å². The summed E-state index contributed by atoms with van der Waals surface area (Å²) in [7, 11) is 0. The predicted octanol–water partition coefficient (Wildman–Crippen LogP) is 3.99. The summed E-state index contributed by atoms with van der Waals surface area (Å²) >= 11 is 5.90. The third-order valence-corrected chi connectivity index (χ3v) is 4.28. The zero-order valence-corrected chi connectivity index (χ0v) is 13.6. The second-order valence-corrected chi connectivity index (χ2v) is 6.23. The van der Waals surface area contributed by atoms with Crippen molar-refractivity contribution in [3.05, 3.63) is 45.7 Å². The highest BCUT2D eigenvalue weighted by molar-refractivity contribution is 6.31. The molecule has 128 valence electrons. The molecule has 1 N–H and O–H groups in total. The molecule has 1 aromatic heterocycles. The first-order valence-electron chi connectivity index (χ1n) is 7.47. The molecule has 4 nitrogen and oxygen atoms in total. The molecule has 1 aliphatic carbocycles. The van der Waals surface area contributed by atoms with E-state index in [1.807, 2.05) is 0 Å². The first-order valence-corrected chi connectivity index (χ1v) is 7.85. The summed E-state index contributed by atoms with van der Waals surface area (Å²) in [6, 6.07) is 5.05. The first kappa shape index (κ1) is 16.8. The minimum atomic E-state index is -4.50. The zero-order chi connectivity index (χ0) is 17.5. The summed E-state index contributed by atoms with van der Waals surface area (Å²) in [4.78, 5) is 12.2. The largest absolute Gasteiger partial charge is 0.435 e. The quantitative estimate of drug-likeness (QED) is 0.902. The molecule has 0 radical (unpaired) electrons. The van der Waals surface area contributed by atoms with Crippen molar-refractivity contribution in [2.24, 2.45) is 0 Å². The standard InChI is InChI=1S/C16H15ClF3N3O/c1-9-5-6-10(17)7-12(9)21-14(24)8-23-13-4-2-3-11(13)15(22-23)16(18,19)20/h5-7H,2-4,8H2,1H3,(H,21,24). The van der Waals surface area contributed by atoms with Gasteiger partial charge < -0.3 is 5.32 Å². The number of hydrogen-bond donors (Lipinski definition) is 1. The first-order chi connectivity index (χ1) is 11.3. The van der Waals surface area contributed by atoms with E-state index in [0.717, 1.165) is 5.56 Å². The van der Waals surface area contributed by atoms with Gasteiger partial charge in [-0.3, -0.25) is 9.48 Å². The molecule has 8 heteroatoms. The maximum absolute atomic E-state index is 13.0. The Kier molecular flexibility index (Phi) is 4.29. The highest BCUT2D eigenvalue weighted by atomic mass is 35.5. The Morgan fingerprint density at radius 3 is 2.83 bits per heavy atom. The monoisotopic (exact) mass is 357 g/mol. The Balaban J connectivity index is 1.82. The number of carbonyl (C=O) groups is 1. The number of halogens is 4. The molecule has 1 heterocycles. The van der Waals surface area contributed by atoms with Gasteiger partial charge in [0.25, 0.3) is 0 Å². The van der Waals surface area contributed by atoms with Gasteiger partial charge in [-0.2, -0.15) is 18.3 Å². The van der Waals surface area contributed by atoms with E-state index in [0.29, 0.717) is 35.7 Å². The molecule has 0 saturated heterocycles. The van der Waals surface area contributed by atoms with E-state index in [4.69, 9.17) is 11.6 Å². The van der Waals surface area contributed by atoms with E-state index in [9.17, 15) is 18.0 Å². The van der Waals surface area contributed by atoms with Gasteiger partial charge in [0.15, 0.2) is 5.69 Å². The summed E-state index contributed by atoms with van der Waals surface area (Å²) in [5.41, 5.74) is 1.19. The van der Waals surface area contributed by atoms with Gasteiger partial charge in [0, 0.05) is 22.0 Å². The van der Waals surface area contributed by atoms with Crippen molar-refractivity contribution in [1.29, 1.82) is 0 Å². The summed E-state index contributed by atoms with van der Waals surface area (Å²) in [6.45, 7) is 1.55. The Morgan fingerprint density at radius 2 is 2.12 bits per heavy atom. The molecule has 0 saturated carbocycles. The summed E-state index contributed by atoms with van der Waals surface area (Å²) in [6.07, 6.45) is -3.01. The van der Waals surface area contributed by atoms with Crippen LogP contribution in [0.3, 0.4) is 0 Å². The van der Waals surface area contributed by atoms with Crippen molar-refractivity contribution in [1.82, 2.24) is 9.78 Å². The van der Waals surface area contributed by atoms with Crippen LogP contribution in [0.4, 0.5) is 18.9 Å². The Morgan fingerprint density at radius 1 is 1.38 bits per heavy atom. The van der Waals surface area contributed by atoms with Crippen LogP contribution in [0.15, 0.2) is 18.2 Å². The van der Waals surface area contributed by atoms with Crippen LogP contribution in [-0.4, -0.2) is 15.7 Å². The molecule has 0 unspecified atom stereocenters. The lowest BCUT2D eigenvalue weighted by Gasteiger charge is -2.10. The Hall–Kier alpha value is -2.02. The molecular weight excluding hydrogens is 343 g/mol. The number of fused-ring (bicyclic) bond motifs is 1. The van der Waals surface area contributed by atoms with Gasteiger partial charge in [0.2, 0.25) is 5.91 Å². The second kappa shape index (κ2) is 6.12. The van der Waals surface area contributed by atoms with Gasteiger partial charge >= 0.3 is 6.18 Å². The minimum Gasteiger partial charge on any atom is -0.324 e. The SMILES string of the molecule is Cc1ccc(Cl)cc1NC(=O)Cn1nc(C(F)(F)F)c2c1CCC2. The number of alkyl halides is 3. The summed E-state index contributed by atoms with van der Waals surface area (Å²) in [5.74, 6) is -0.439. The van der Waals surface area contributed by atoms with E-state index in [2.05, 4.69) is 10.4 Å². The number of aromatic nitrogens is 2. The molecular formula is C16H15ClF3N3O. The lowest BCUT2D eigenvalue weighted by molar-refractivity contribution is -0.142. The molecule has 0 aliphatic heterocycles. The van der Waals surface area contributed by atoms with Crippen molar-refractivity contribution < 1.29 is 18.0 Å². The zero-order valence-electron chi connectivity index (χ0n) is 12.9. The molecule has 1 aromatic carbocycles. The van der Waals surface area contributed by atoms with Crippen LogP contribution in [0.1, 0.15) is 28.9 Å². The fraction of sp³-hybridized carbons (Fsp3) is 0.375. The molecule has 3 rings (SSSR count). The molecule has 0 atom stereocenters. The normalized spacial score (nSPS) is 13.9. The topological polar surface area (TPSA) is 46.9 Å². The molecule has 0 spiro atoms. The van der Waals surface area contributed by atoms with Crippen LogP contribution < -0.4 is 5.32 Å². The number of rotatable bonds is 3. The highest BCUT2D eigenvalue weighted by Crippen LogP contribution is 2.36. The number of amides is 1. The number of nitrogens with zero attached hydrogens (tertiary/aromatic N) is 2. The number of aryl methyl sites for hydroxylation is 1. The number of anilines is 1. The van der Waals surface area contributed by atoms with Gasteiger partial charge in [-0.15, -0.1) is 0 Å². The average Bonchev–Trinajstić information content (AvgIpc) is 3.05. The molecule has 0 bridgehead atoms. The fourth-order valence-electron chi connectivity index (χ4n) is 2.92. The van der Waals surface area contributed by atoms with Crippen LogP contribution in [0.2, 0.25) is 5.02 Å². The van der Waals surface area contributed by atoms with Crippen molar-refractivity contribution in [2.45, 2.75) is 38.9 Å². The Labute approximate surface area is 141 Å². The van der Waals surface area contributed by atoms with E-state index in [1.54, 1.807) is 25.1 Å². The van der Waals surface area contributed by atoms with Gasteiger partial charge in [-0.1, -0.05) is 17.7 Å². The number of hydrogen-bond acceptors (Lipinski definition) is 2. The van der Waals surface area contributed by atoms with Crippen LogP contribution in [0, 0.1) is 6.92 Å². The molecule has 2 aromatic rings. The number of nitrogens with one attached hydrogen (secondary N) is 1. The van der Waals surface area contributed by atoms with E-state index >= 15 is 0 Å². The Bertz CT molecular complexity index is 799. The lowest BCUT2D eigenvalue weighted by Crippen LogP contribution is -2.21. The van der Waals surface area contributed by atoms with Crippen LogP contribution in [0.5, 0.6) is 0 Å². The summed E-state index contributed by atoms with van der Waals surface area (Å²) < 4.78 is 40.3. The average molecular weight is 358 g/mol. The van der Waals surface area contributed by atoms with E-state index in [1.165, 1.54) is 4.68 Å². The maximum atomic E-state index is 13.0. The van der Waals surface area contributed by atoms with Crippen molar-refractivity contribution in [3.8, 4) is 0 Å². The number of carbonyl (C=O) groups excluding carboxylic acids is 1. The van der Waals surface area contributed by atoms with Crippen molar-refractivity contribution in [3.63, 3.8) is 0 Å². The van der Waals surface area contributed by atoms with Gasteiger partial charge in [-0.05, 0) is 43.9 Å². The van der Waals surface area contributed by atoms with E-state index < -0.39 is 17.8 Å². The molecule has 1 amide bonds. The van der Waals surface area contributed by atoms with Gasteiger partial charge in [-0.25, -0.2) is 0 Å². The van der Waals surface area contributed by atoms with Crippen LogP contribution in [-0.2, 0) is 30.4 Å². The van der Waals surface area contributed by atoms with Gasteiger partial charge in [0.1, 0.15) is 6.54 Å². The highest BCUT2D eigenvalue weighted by Gasteiger charge is 2.40. The minimum absolute atomic E-state index is 0.217. The fourth-order valence-corrected chi connectivity index (χ4v) is 3.09. The van der Waals surface area contributed by atoms with Crippen molar-refractivity contribution >= 4 is 23.2 Å². The van der Waals surface area contributed by atoms with Crippen LogP contribution in [0.25, 0.3) is 0 Å². The smallest absolute Gasteiger partial charge is 0.324 e. The summed E-state index contributed by atoms with van der Waals surface area (Å²) in [5, 5.41) is 6.77. The molecule has 1 aliphatic rings. The third kappa shape index (κ3) is 3.26.